The molecule has 1 fully saturated rings. The minimum atomic E-state index is -3.77. The molecule has 3 N–H and O–H groups in total. The number of aliphatic hydroxyl groups is 1. The lowest BCUT2D eigenvalue weighted by Crippen LogP contribution is -2.57. The molecule has 242 valence electrons. The molecule has 1 aromatic heterocycles. The van der Waals surface area contributed by atoms with Gasteiger partial charge in [0, 0.05) is 44.4 Å². The Labute approximate surface area is 258 Å². The van der Waals surface area contributed by atoms with Gasteiger partial charge in [0.25, 0.3) is 5.91 Å². The van der Waals surface area contributed by atoms with Crippen molar-refractivity contribution < 1.29 is 37.8 Å². The number of carbonyl (C=O) groups excluding carboxylic acids is 3. The highest BCUT2D eigenvalue weighted by atomic mass is 31.2. The molecule has 1 unspecified atom stereocenters. The van der Waals surface area contributed by atoms with E-state index in [1.807, 2.05) is 25.1 Å². The van der Waals surface area contributed by atoms with Crippen LogP contribution in [0.2, 0.25) is 0 Å². The summed E-state index contributed by atoms with van der Waals surface area (Å²) in [7, 11) is -3.77. The normalized spacial score (nSPS) is 14.2. The van der Waals surface area contributed by atoms with Gasteiger partial charge in [0.05, 0.1) is 32.6 Å². The van der Waals surface area contributed by atoms with Crippen LogP contribution >= 0.6 is 7.60 Å². The average Bonchev–Trinajstić information content (AvgIpc) is 3.03. The third-order valence-electron chi connectivity index (χ3n) is 6.64. The van der Waals surface area contributed by atoms with E-state index >= 15 is 0 Å². The molecule has 1 aliphatic rings. The molecule has 0 spiro atoms. The molecule has 14 nitrogen and oxygen atoms in total. The summed E-state index contributed by atoms with van der Waals surface area (Å²) in [5.74, 6) is -0.629. The van der Waals surface area contributed by atoms with E-state index in [0.717, 1.165) is 12.8 Å². The Morgan fingerprint density at radius 2 is 1.66 bits per heavy atom. The fourth-order valence-corrected chi connectivity index (χ4v) is 6.22. The summed E-state index contributed by atoms with van der Waals surface area (Å²) in [6.07, 6.45) is 0.837. The number of piperazine rings is 1. The Morgan fingerprint density at radius 1 is 1.00 bits per heavy atom. The van der Waals surface area contributed by atoms with Gasteiger partial charge in [-0.1, -0.05) is 43.7 Å². The van der Waals surface area contributed by atoms with Crippen LogP contribution in [0.15, 0.2) is 36.4 Å². The molecular formula is C29H43N6O8P. The summed E-state index contributed by atoms with van der Waals surface area (Å²) in [5.41, 5.74) is 0.615. The summed E-state index contributed by atoms with van der Waals surface area (Å²) >= 11 is 0. The van der Waals surface area contributed by atoms with Gasteiger partial charge in [-0.2, -0.15) is 0 Å². The van der Waals surface area contributed by atoms with E-state index in [1.54, 1.807) is 26.0 Å². The molecule has 2 heterocycles. The molecule has 3 rings (SSSR count). The number of nitrogens with one attached hydrogen (secondary N) is 2. The Morgan fingerprint density at radius 3 is 2.27 bits per heavy atom. The van der Waals surface area contributed by atoms with Crippen molar-refractivity contribution >= 4 is 31.3 Å². The van der Waals surface area contributed by atoms with Crippen molar-refractivity contribution in [3.63, 3.8) is 0 Å². The van der Waals surface area contributed by atoms with Crippen molar-refractivity contribution in [1.29, 1.82) is 0 Å². The van der Waals surface area contributed by atoms with Gasteiger partial charge in [-0.3, -0.25) is 14.2 Å². The molecule has 3 amide bonds. The molecule has 0 radical (unpaired) electrons. The van der Waals surface area contributed by atoms with Crippen LogP contribution in [0.1, 0.15) is 44.1 Å². The number of rotatable bonds is 16. The molecule has 0 bridgehead atoms. The maximum Gasteiger partial charge on any atom is 0.409 e. The van der Waals surface area contributed by atoms with Gasteiger partial charge < -0.3 is 39.3 Å². The van der Waals surface area contributed by atoms with Gasteiger partial charge in [0.2, 0.25) is 5.91 Å². The van der Waals surface area contributed by atoms with Crippen molar-refractivity contribution in [3.05, 3.63) is 42.1 Å². The van der Waals surface area contributed by atoms with E-state index in [9.17, 15) is 24.1 Å². The quantitative estimate of drug-likeness (QED) is 0.183. The summed E-state index contributed by atoms with van der Waals surface area (Å²) in [6, 6.07) is 9.17. The SMILES string of the molecule is CCCCOC(=O)N1CCN(C(=O)C(CP(=O)(OCC)OCC)NC(=O)c2cc(NCCO)nc(-c3ccccc3)n2)CC1. The second-order valence-electron chi connectivity index (χ2n) is 9.91. The van der Waals surface area contributed by atoms with Crippen LogP contribution < -0.4 is 10.6 Å². The number of nitrogens with zero attached hydrogens (tertiary/aromatic N) is 4. The topological polar surface area (TPSA) is 173 Å². The van der Waals surface area contributed by atoms with Crippen molar-refractivity contribution in [3.8, 4) is 11.4 Å². The first-order valence-corrected chi connectivity index (χ1v) is 16.6. The van der Waals surface area contributed by atoms with Crippen molar-refractivity contribution in [2.75, 3.05) is 70.6 Å². The van der Waals surface area contributed by atoms with Crippen LogP contribution in [0.3, 0.4) is 0 Å². The van der Waals surface area contributed by atoms with E-state index in [-0.39, 0.29) is 64.1 Å². The standard InChI is InChI=1S/C29H43N6O8P/c1-4-7-19-41-29(39)35-16-14-34(15-17-35)28(38)24(21-44(40,42-5-2)43-6-3)32-27(37)23-20-25(30-13-18-36)33-26(31-23)22-11-9-8-10-12-22/h8-12,20,24,36H,4-7,13-19,21H2,1-3H3,(H,32,37)(H,30,31,33). The second-order valence-corrected chi connectivity index (χ2v) is 12.0. The molecular weight excluding hydrogens is 591 g/mol. The van der Waals surface area contributed by atoms with Gasteiger partial charge in [0.15, 0.2) is 5.82 Å². The van der Waals surface area contributed by atoms with Gasteiger partial charge in [0.1, 0.15) is 17.6 Å². The summed E-state index contributed by atoms with van der Waals surface area (Å²) in [5, 5.41) is 14.9. The number of amides is 3. The molecule has 0 aliphatic carbocycles. The van der Waals surface area contributed by atoms with Gasteiger partial charge in [-0.25, -0.2) is 14.8 Å². The smallest absolute Gasteiger partial charge is 0.409 e. The van der Waals surface area contributed by atoms with Gasteiger partial charge in [-0.05, 0) is 20.3 Å². The number of anilines is 1. The lowest BCUT2D eigenvalue weighted by atomic mass is 10.2. The maximum absolute atomic E-state index is 13.8. The molecule has 15 heteroatoms. The monoisotopic (exact) mass is 634 g/mol. The van der Waals surface area contributed by atoms with Crippen molar-refractivity contribution in [2.24, 2.45) is 0 Å². The fourth-order valence-electron chi connectivity index (χ4n) is 4.46. The molecule has 2 aromatic rings. The van der Waals surface area contributed by atoms with Crippen LogP contribution in [0, 0.1) is 0 Å². The molecule has 1 aliphatic heterocycles. The van der Waals surface area contributed by atoms with Crippen molar-refractivity contribution in [2.45, 2.75) is 39.7 Å². The van der Waals surface area contributed by atoms with Gasteiger partial charge >= 0.3 is 13.7 Å². The number of ether oxygens (including phenoxy) is 1. The lowest BCUT2D eigenvalue weighted by Gasteiger charge is -2.36. The molecule has 44 heavy (non-hydrogen) atoms. The zero-order chi connectivity index (χ0) is 32.0. The van der Waals surface area contributed by atoms with E-state index in [1.165, 1.54) is 15.9 Å². The summed E-state index contributed by atoms with van der Waals surface area (Å²) < 4.78 is 29.7. The Balaban J connectivity index is 1.84. The Bertz CT molecular complexity index is 1270. The van der Waals surface area contributed by atoms with E-state index < -0.39 is 37.7 Å². The number of hydrogen-bond donors (Lipinski definition) is 3. The van der Waals surface area contributed by atoms with Crippen LogP contribution in [0.25, 0.3) is 11.4 Å². The van der Waals surface area contributed by atoms with Crippen molar-refractivity contribution in [1.82, 2.24) is 25.1 Å². The van der Waals surface area contributed by atoms with E-state index in [2.05, 4.69) is 20.6 Å². The lowest BCUT2D eigenvalue weighted by molar-refractivity contribution is -0.134. The number of benzene rings is 1. The third kappa shape index (κ3) is 10.3. The number of aliphatic hydroxyl groups excluding tert-OH is 1. The first kappa shape index (κ1) is 34.9. The van der Waals surface area contributed by atoms with Crippen LogP contribution in [-0.2, 0) is 23.1 Å². The molecule has 0 saturated carbocycles. The molecule has 1 aromatic carbocycles. The zero-order valence-corrected chi connectivity index (χ0v) is 26.5. The number of carbonyl (C=O) groups is 3. The third-order valence-corrected chi connectivity index (χ3v) is 8.76. The Hall–Kier alpha value is -3.58. The second kappa shape index (κ2) is 17.6. The molecule has 1 atom stereocenters. The van der Waals surface area contributed by atoms with Crippen LogP contribution in [0.4, 0.5) is 10.6 Å². The maximum atomic E-state index is 13.8. The Kier molecular flexibility index (Phi) is 14.0. The highest BCUT2D eigenvalue weighted by molar-refractivity contribution is 7.54. The number of hydrogen-bond acceptors (Lipinski definition) is 11. The highest BCUT2D eigenvalue weighted by Crippen LogP contribution is 2.48. The van der Waals surface area contributed by atoms with E-state index in [0.29, 0.717) is 18.0 Å². The van der Waals surface area contributed by atoms with Crippen LogP contribution in [-0.4, -0.2) is 114 Å². The minimum absolute atomic E-state index is 0.0422. The average molecular weight is 635 g/mol. The predicted molar refractivity (Wildman–Crippen MR) is 164 cm³/mol. The fraction of sp³-hybridized carbons (Fsp3) is 0.552. The summed E-state index contributed by atoms with van der Waals surface area (Å²) in [6.45, 7) is 6.74. The number of aromatic nitrogens is 2. The number of unbranched alkanes of at least 4 members (excludes halogenated alkanes) is 1. The van der Waals surface area contributed by atoms with Crippen LogP contribution in [0.5, 0.6) is 0 Å². The van der Waals surface area contributed by atoms with E-state index in [4.69, 9.17) is 13.8 Å². The first-order chi connectivity index (χ1) is 21.2. The first-order valence-electron chi connectivity index (χ1n) is 14.9. The van der Waals surface area contributed by atoms with Gasteiger partial charge in [-0.15, -0.1) is 0 Å². The summed E-state index contributed by atoms with van der Waals surface area (Å²) in [4.78, 5) is 51.7. The molecule has 1 saturated heterocycles. The minimum Gasteiger partial charge on any atom is -0.449 e. The largest absolute Gasteiger partial charge is 0.449 e. The zero-order valence-electron chi connectivity index (χ0n) is 25.6. The predicted octanol–water partition coefficient (Wildman–Crippen LogP) is 2.99. The highest BCUT2D eigenvalue weighted by Gasteiger charge is 2.37.